The van der Waals surface area contributed by atoms with E-state index in [0.717, 1.165) is 12.1 Å². The van der Waals surface area contributed by atoms with Crippen LogP contribution in [0.25, 0.3) is 0 Å². The third-order valence-corrected chi connectivity index (χ3v) is 3.41. The second-order valence-corrected chi connectivity index (χ2v) is 4.63. The molecule has 1 saturated heterocycles. The first-order valence-corrected chi connectivity index (χ1v) is 6.15. The molecular formula is C13H20N2O. The third kappa shape index (κ3) is 2.19. The van der Waals surface area contributed by atoms with E-state index in [0.29, 0.717) is 6.04 Å². The summed E-state index contributed by atoms with van der Waals surface area (Å²) in [6.45, 7) is 6.60. The van der Waals surface area contributed by atoms with Crippen LogP contribution in [0.3, 0.4) is 0 Å². The lowest BCUT2D eigenvalue weighted by atomic mass is 10.0. The van der Waals surface area contributed by atoms with Gasteiger partial charge < -0.3 is 4.98 Å². The van der Waals surface area contributed by atoms with Crippen LogP contribution in [0.5, 0.6) is 0 Å². The average molecular weight is 220 g/mol. The molecule has 3 heteroatoms. The molecule has 3 nitrogen and oxygen atoms in total. The zero-order chi connectivity index (χ0) is 11.5. The summed E-state index contributed by atoms with van der Waals surface area (Å²) in [6.07, 6.45) is 5.57. The molecule has 1 aromatic heterocycles. The maximum Gasteiger partial charge on any atom is 0.248 e. The Morgan fingerprint density at radius 1 is 1.56 bits per heavy atom. The fraction of sp³-hybridized carbons (Fsp3) is 0.615. The van der Waals surface area contributed by atoms with Crippen molar-refractivity contribution in [1.82, 2.24) is 9.88 Å². The lowest BCUT2D eigenvalue weighted by molar-refractivity contribution is 0.257. The largest absolute Gasteiger partial charge is 0.329 e. The van der Waals surface area contributed by atoms with Crippen LogP contribution in [0.4, 0.5) is 0 Å². The molecule has 2 rings (SSSR count). The Labute approximate surface area is 96.5 Å². The van der Waals surface area contributed by atoms with Gasteiger partial charge in [-0.3, -0.25) is 9.69 Å². The zero-order valence-electron chi connectivity index (χ0n) is 10.1. The number of hydrogen-bond acceptors (Lipinski definition) is 2. The van der Waals surface area contributed by atoms with Crippen LogP contribution in [0.2, 0.25) is 0 Å². The van der Waals surface area contributed by atoms with Gasteiger partial charge in [0.1, 0.15) is 0 Å². The highest BCUT2D eigenvalue weighted by Gasteiger charge is 2.26. The Hall–Kier alpha value is -1.09. The van der Waals surface area contributed by atoms with Crippen LogP contribution in [-0.4, -0.2) is 23.0 Å². The summed E-state index contributed by atoms with van der Waals surface area (Å²) in [5.41, 5.74) is 2.42. The topological polar surface area (TPSA) is 36.1 Å². The fourth-order valence-corrected chi connectivity index (χ4v) is 2.68. The number of rotatable bonds is 3. The van der Waals surface area contributed by atoms with E-state index < -0.39 is 0 Å². The molecule has 0 amide bonds. The highest BCUT2D eigenvalue weighted by molar-refractivity contribution is 5.25. The second kappa shape index (κ2) is 4.83. The van der Waals surface area contributed by atoms with Crippen molar-refractivity contribution < 1.29 is 0 Å². The van der Waals surface area contributed by atoms with Gasteiger partial charge >= 0.3 is 0 Å². The Kier molecular flexibility index (Phi) is 3.44. The molecule has 2 heterocycles. The molecule has 0 bridgehead atoms. The fourth-order valence-electron chi connectivity index (χ4n) is 2.68. The van der Waals surface area contributed by atoms with Gasteiger partial charge in [-0.05, 0) is 50.4 Å². The number of nitrogens with one attached hydrogen (secondary N) is 1. The minimum absolute atomic E-state index is 0.00119. The van der Waals surface area contributed by atoms with Crippen LogP contribution in [-0.2, 0) is 0 Å². The van der Waals surface area contributed by atoms with E-state index in [1.807, 2.05) is 13.1 Å². The molecule has 1 fully saturated rings. The average Bonchev–Trinajstić information content (AvgIpc) is 2.67. The monoisotopic (exact) mass is 220 g/mol. The van der Waals surface area contributed by atoms with Gasteiger partial charge in [-0.25, -0.2) is 0 Å². The van der Waals surface area contributed by atoms with E-state index in [2.05, 4.69) is 16.8 Å². The van der Waals surface area contributed by atoms with Crippen molar-refractivity contribution in [3.63, 3.8) is 0 Å². The lowest BCUT2D eigenvalue weighted by Crippen LogP contribution is -2.25. The SMILES string of the molecule is CCCN1CCC[C@H]1c1c[nH]c(=O)cc1C. The van der Waals surface area contributed by atoms with E-state index in [9.17, 15) is 4.79 Å². The summed E-state index contributed by atoms with van der Waals surface area (Å²) in [6, 6.07) is 2.22. The van der Waals surface area contributed by atoms with E-state index in [4.69, 9.17) is 0 Å². The van der Waals surface area contributed by atoms with Crippen molar-refractivity contribution in [3.8, 4) is 0 Å². The maximum atomic E-state index is 11.2. The highest BCUT2D eigenvalue weighted by atomic mass is 16.1. The highest BCUT2D eigenvalue weighted by Crippen LogP contribution is 2.32. The summed E-state index contributed by atoms with van der Waals surface area (Å²) in [7, 11) is 0. The quantitative estimate of drug-likeness (QED) is 0.848. The molecule has 88 valence electrons. The van der Waals surface area contributed by atoms with Gasteiger partial charge in [-0.15, -0.1) is 0 Å². The number of hydrogen-bond donors (Lipinski definition) is 1. The number of aromatic nitrogens is 1. The number of H-pyrrole nitrogens is 1. The number of aromatic amines is 1. The Morgan fingerprint density at radius 3 is 3.06 bits per heavy atom. The van der Waals surface area contributed by atoms with Crippen LogP contribution in [0, 0.1) is 6.92 Å². The molecule has 0 saturated carbocycles. The van der Waals surface area contributed by atoms with Crippen molar-refractivity contribution in [2.75, 3.05) is 13.1 Å². The van der Waals surface area contributed by atoms with Crippen LogP contribution >= 0.6 is 0 Å². The van der Waals surface area contributed by atoms with Gasteiger partial charge in [-0.1, -0.05) is 6.92 Å². The van der Waals surface area contributed by atoms with Crippen LogP contribution in [0.1, 0.15) is 43.4 Å². The minimum atomic E-state index is 0.00119. The first kappa shape index (κ1) is 11.4. The number of nitrogens with zero attached hydrogens (tertiary/aromatic N) is 1. The molecular weight excluding hydrogens is 200 g/mol. The van der Waals surface area contributed by atoms with Crippen molar-refractivity contribution in [2.24, 2.45) is 0 Å². The zero-order valence-corrected chi connectivity index (χ0v) is 10.1. The standard InChI is InChI=1S/C13H20N2O/c1-3-6-15-7-4-5-12(15)11-9-14-13(16)8-10(11)2/h8-9,12H,3-7H2,1-2H3,(H,14,16)/t12-/m0/s1. The molecule has 0 spiro atoms. The van der Waals surface area contributed by atoms with Gasteiger partial charge in [0.15, 0.2) is 0 Å². The van der Waals surface area contributed by atoms with Crippen molar-refractivity contribution >= 4 is 0 Å². The molecule has 16 heavy (non-hydrogen) atoms. The molecule has 1 aliphatic heterocycles. The number of likely N-dealkylation sites (tertiary alicyclic amines) is 1. The summed E-state index contributed by atoms with van der Waals surface area (Å²) in [4.78, 5) is 16.5. The van der Waals surface area contributed by atoms with Gasteiger partial charge in [0.2, 0.25) is 5.56 Å². The molecule has 0 unspecified atom stereocenters. The molecule has 1 aliphatic rings. The summed E-state index contributed by atoms with van der Waals surface area (Å²) in [5.74, 6) is 0. The second-order valence-electron chi connectivity index (χ2n) is 4.63. The number of aryl methyl sites for hydroxylation is 1. The maximum absolute atomic E-state index is 11.2. The van der Waals surface area contributed by atoms with Gasteiger partial charge in [-0.2, -0.15) is 0 Å². The van der Waals surface area contributed by atoms with Gasteiger partial charge in [0.05, 0.1) is 0 Å². The lowest BCUT2D eigenvalue weighted by Gasteiger charge is -2.25. The summed E-state index contributed by atoms with van der Waals surface area (Å²) >= 11 is 0. The van der Waals surface area contributed by atoms with Crippen LogP contribution < -0.4 is 5.56 Å². The molecule has 1 N–H and O–H groups in total. The molecule has 1 aromatic rings. The molecule has 0 aliphatic carbocycles. The smallest absolute Gasteiger partial charge is 0.248 e. The van der Waals surface area contributed by atoms with E-state index in [1.54, 1.807) is 6.07 Å². The van der Waals surface area contributed by atoms with Crippen molar-refractivity contribution in [3.05, 3.63) is 33.7 Å². The Bertz CT molecular complexity index is 411. The van der Waals surface area contributed by atoms with Gasteiger partial charge in [0, 0.05) is 18.3 Å². The summed E-state index contributed by atoms with van der Waals surface area (Å²) < 4.78 is 0. The predicted octanol–water partition coefficient (Wildman–Crippen LogP) is 2.23. The normalized spacial score (nSPS) is 21.5. The van der Waals surface area contributed by atoms with E-state index in [1.165, 1.54) is 31.4 Å². The van der Waals surface area contributed by atoms with E-state index >= 15 is 0 Å². The first-order chi connectivity index (χ1) is 7.72. The third-order valence-electron chi connectivity index (χ3n) is 3.41. The van der Waals surface area contributed by atoms with Gasteiger partial charge in [0.25, 0.3) is 0 Å². The van der Waals surface area contributed by atoms with Crippen LogP contribution in [0.15, 0.2) is 17.1 Å². The van der Waals surface area contributed by atoms with Crippen molar-refractivity contribution in [1.29, 1.82) is 0 Å². The molecule has 1 atom stereocenters. The Morgan fingerprint density at radius 2 is 2.38 bits per heavy atom. The first-order valence-electron chi connectivity index (χ1n) is 6.15. The molecule has 0 aromatic carbocycles. The minimum Gasteiger partial charge on any atom is -0.329 e. The number of pyridine rings is 1. The molecule has 0 radical (unpaired) electrons. The van der Waals surface area contributed by atoms with E-state index in [-0.39, 0.29) is 5.56 Å². The Balaban J connectivity index is 2.25. The summed E-state index contributed by atoms with van der Waals surface area (Å²) in [5, 5.41) is 0. The van der Waals surface area contributed by atoms with Crippen molar-refractivity contribution in [2.45, 2.75) is 39.2 Å². The predicted molar refractivity (Wildman–Crippen MR) is 65.6 cm³/mol.